The summed E-state index contributed by atoms with van der Waals surface area (Å²) >= 11 is 12.5. The van der Waals surface area contributed by atoms with Gasteiger partial charge in [0.15, 0.2) is 18.1 Å². The first-order valence-corrected chi connectivity index (χ1v) is 14.0. The number of nitrogens with zero attached hydrogens (tertiary/aromatic N) is 3. The normalized spacial score (nSPS) is 20.7. The maximum atomic E-state index is 13.4. The number of anilines is 1. The molecule has 5 aromatic rings. The van der Waals surface area contributed by atoms with Crippen molar-refractivity contribution >= 4 is 46.0 Å². The minimum atomic E-state index is -1.45. The molecule has 5 atom stereocenters. The number of aromatic nitrogens is 3. The van der Waals surface area contributed by atoms with Gasteiger partial charge in [-0.25, -0.2) is 20.2 Å². The molecule has 10 nitrogen and oxygen atoms in total. The molecule has 220 valence electrons. The van der Waals surface area contributed by atoms with Crippen molar-refractivity contribution in [1.82, 2.24) is 14.5 Å². The highest BCUT2D eigenvalue weighted by Gasteiger charge is 2.49. The van der Waals surface area contributed by atoms with Crippen molar-refractivity contribution in [3.63, 3.8) is 0 Å². The van der Waals surface area contributed by atoms with Crippen molar-refractivity contribution in [1.29, 1.82) is 0 Å². The third-order valence-corrected chi connectivity index (χ3v) is 8.03. The largest absolute Gasteiger partial charge is 0.451 e. The van der Waals surface area contributed by atoms with E-state index in [4.69, 9.17) is 37.5 Å². The van der Waals surface area contributed by atoms with Crippen molar-refractivity contribution in [2.75, 3.05) is 12.6 Å². The standard InChI is InChI=1S/C31H26Cl2N4O6/c1-41-36-28-21-13-14-37(29(21)35-16-34-28)30-25(39)24(38)27(42-30)26(20-11-12-22(32)23(33)15-20)43-31(40)19-9-7-18(8-10-19)17-5-3-2-4-6-17/h2-16,24-27,30,38-39H,1H3,(H,34,35,36)/t24-,25+,26+,27-,30?/m0/s1. The Balaban J connectivity index is 1.31. The van der Waals surface area contributed by atoms with Crippen molar-refractivity contribution in [2.45, 2.75) is 30.6 Å². The van der Waals surface area contributed by atoms with Gasteiger partial charge in [0.05, 0.1) is 28.1 Å². The van der Waals surface area contributed by atoms with Crippen molar-refractivity contribution in [3.8, 4) is 11.1 Å². The molecular formula is C31H26Cl2N4O6. The van der Waals surface area contributed by atoms with Gasteiger partial charge in [0, 0.05) is 6.20 Å². The Morgan fingerprint density at radius 1 is 0.953 bits per heavy atom. The number of carbonyl (C=O) groups is 1. The maximum absolute atomic E-state index is 13.4. The Morgan fingerprint density at radius 3 is 2.42 bits per heavy atom. The Bertz CT molecular complexity index is 1750. The second kappa shape index (κ2) is 12.3. The van der Waals surface area contributed by atoms with Gasteiger partial charge >= 0.3 is 5.97 Å². The first kappa shape index (κ1) is 29.1. The zero-order valence-electron chi connectivity index (χ0n) is 22.7. The van der Waals surface area contributed by atoms with Gasteiger partial charge < -0.3 is 24.3 Å². The molecule has 1 fully saturated rings. The minimum absolute atomic E-state index is 0.225. The summed E-state index contributed by atoms with van der Waals surface area (Å²) in [5, 5.41) is 23.5. The molecule has 0 aliphatic carbocycles. The number of hydrogen-bond acceptors (Lipinski definition) is 9. The number of aliphatic hydroxyl groups excluding tert-OH is 2. The molecule has 1 unspecified atom stereocenters. The van der Waals surface area contributed by atoms with Crippen LogP contribution in [0.3, 0.4) is 0 Å². The average molecular weight is 621 g/mol. The predicted molar refractivity (Wildman–Crippen MR) is 161 cm³/mol. The predicted octanol–water partition coefficient (Wildman–Crippen LogP) is 5.60. The van der Waals surface area contributed by atoms with Gasteiger partial charge in [0.2, 0.25) is 0 Å². The molecule has 12 heteroatoms. The Labute approximate surface area is 256 Å². The fourth-order valence-corrected chi connectivity index (χ4v) is 5.45. The Kier molecular flexibility index (Phi) is 8.31. The molecule has 3 N–H and O–H groups in total. The van der Waals surface area contributed by atoms with E-state index in [2.05, 4.69) is 15.4 Å². The Hall–Kier alpha value is -4.03. The number of aliphatic hydroxyl groups is 2. The summed E-state index contributed by atoms with van der Waals surface area (Å²) < 4.78 is 13.8. The van der Waals surface area contributed by atoms with Crippen molar-refractivity contribution in [2.24, 2.45) is 0 Å². The van der Waals surface area contributed by atoms with Gasteiger partial charge in [0.25, 0.3) is 0 Å². The number of hydrogen-bond donors (Lipinski definition) is 3. The molecule has 0 amide bonds. The number of benzene rings is 3. The number of ether oxygens (including phenoxy) is 2. The molecule has 2 aromatic heterocycles. The van der Waals surface area contributed by atoms with Crippen LogP contribution >= 0.6 is 23.2 Å². The first-order chi connectivity index (χ1) is 20.9. The second-order valence-electron chi connectivity index (χ2n) is 9.90. The summed E-state index contributed by atoms with van der Waals surface area (Å²) in [7, 11) is 1.46. The highest BCUT2D eigenvalue weighted by Crippen LogP contribution is 2.41. The molecule has 3 aromatic carbocycles. The van der Waals surface area contributed by atoms with E-state index in [9.17, 15) is 15.0 Å². The third kappa shape index (κ3) is 5.68. The summed E-state index contributed by atoms with van der Waals surface area (Å²) in [4.78, 5) is 26.9. The van der Waals surface area contributed by atoms with Crippen LogP contribution in [-0.4, -0.2) is 56.1 Å². The molecule has 43 heavy (non-hydrogen) atoms. The lowest BCUT2D eigenvalue weighted by atomic mass is 9.98. The fraction of sp³-hybridized carbons (Fsp3) is 0.194. The molecule has 0 spiro atoms. The lowest BCUT2D eigenvalue weighted by Gasteiger charge is -2.26. The first-order valence-electron chi connectivity index (χ1n) is 13.3. The van der Waals surface area contributed by atoms with E-state index in [0.717, 1.165) is 11.1 Å². The van der Waals surface area contributed by atoms with E-state index in [-0.39, 0.29) is 5.02 Å². The van der Waals surface area contributed by atoms with Gasteiger partial charge in [-0.2, -0.15) is 0 Å². The molecule has 6 rings (SSSR count). The number of rotatable bonds is 8. The average Bonchev–Trinajstić information content (AvgIpc) is 3.59. The van der Waals surface area contributed by atoms with E-state index in [1.807, 2.05) is 42.5 Å². The van der Waals surface area contributed by atoms with Crippen LogP contribution in [0.25, 0.3) is 22.2 Å². The molecule has 0 bridgehead atoms. The van der Waals surface area contributed by atoms with Gasteiger partial charge in [-0.3, -0.25) is 4.84 Å². The summed E-state index contributed by atoms with van der Waals surface area (Å²) in [6, 6.07) is 23.2. The molecule has 0 saturated carbocycles. The van der Waals surface area contributed by atoms with Gasteiger partial charge in [-0.15, -0.1) is 0 Å². The monoisotopic (exact) mass is 620 g/mol. The van der Waals surface area contributed by atoms with E-state index >= 15 is 0 Å². The van der Waals surface area contributed by atoms with Crippen LogP contribution in [0.2, 0.25) is 10.0 Å². The van der Waals surface area contributed by atoms with Crippen LogP contribution in [0.15, 0.2) is 91.4 Å². The number of carbonyl (C=O) groups excluding carboxylic acids is 1. The lowest BCUT2D eigenvalue weighted by molar-refractivity contribution is -0.0916. The van der Waals surface area contributed by atoms with Crippen molar-refractivity contribution < 1.29 is 29.3 Å². The summed E-state index contributed by atoms with van der Waals surface area (Å²) in [5.74, 6) is -0.240. The van der Waals surface area contributed by atoms with Crippen LogP contribution in [0, 0.1) is 0 Å². The SMILES string of the molecule is CONc1ncnc2c1ccn2C1O[C@H]([C@H](OC(=O)c2ccc(-c3ccccc3)cc2)c2ccc(Cl)c(Cl)c2)[C@@H](O)[C@H]1O. The summed E-state index contributed by atoms with van der Waals surface area (Å²) in [6.45, 7) is 0. The van der Waals surface area contributed by atoms with Crippen molar-refractivity contribution in [3.05, 3.63) is 113 Å². The fourth-order valence-electron chi connectivity index (χ4n) is 5.15. The number of fused-ring (bicyclic) bond motifs is 1. The number of esters is 1. The number of nitrogens with one attached hydrogen (secondary N) is 1. The highest BCUT2D eigenvalue weighted by atomic mass is 35.5. The van der Waals surface area contributed by atoms with Gasteiger partial charge in [-0.05, 0) is 47.0 Å². The highest BCUT2D eigenvalue weighted by molar-refractivity contribution is 6.42. The third-order valence-electron chi connectivity index (χ3n) is 7.29. The summed E-state index contributed by atoms with van der Waals surface area (Å²) in [5.41, 5.74) is 5.77. The van der Waals surface area contributed by atoms with Crippen LogP contribution in [-0.2, 0) is 14.3 Å². The van der Waals surface area contributed by atoms with Gasteiger partial charge in [0.1, 0.15) is 30.3 Å². The lowest BCUT2D eigenvalue weighted by Crippen LogP contribution is -2.36. The van der Waals surface area contributed by atoms with E-state index in [1.54, 1.807) is 41.1 Å². The van der Waals surface area contributed by atoms with Crippen LogP contribution in [0.4, 0.5) is 5.82 Å². The summed E-state index contributed by atoms with van der Waals surface area (Å²) in [6.07, 6.45) is -3.28. The van der Waals surface area contributed by atoms with Crippen LogP contribution < -0.4 is 5.48 Å². The molecule has 0 radical (unpaired) electrons. The van der Waals surface area contributed by atoms with E-state index in [0.29, 0.717) is 33.0 Å². The Morgan fingerprint density at radius 2 is 1.70 bits per heavy atom. The van der Waals surface area contributed by atoms with Gasteiger partial charge in [-0.1, -0.05) is 71.7 Å². The van der Waals surface area contributed by atoms with Crippen LogP contribution in [0.1, 0.15) is 28.3 Å². The smallest absolute Gasteiger partial charge is 0.338 e. The molecular weight excluding hydrogens is 595 g/mol. The zero-order chi connectivity index (χ0) is 30.1. The zero-order valence-corrected chi connectivity index (χ0v) is 24.2. The minimum Gasteiger partial charge on any atom is -0.451 e. The quantitative estimate of drug-likeness (QED) is 0.150. The topological polar surface area (TPSA) is 128 Å². The second-order valence-corrected chi connectivity index (χ2v) is 10.7. The van der Waals surface area contributed by atoms with Crippen LogP contribution in [0.5, 0.6) is 0 Å². The van der Waals surface area contributed by atoms with E-state index < -0.39 is 36.6 Å². The van der Waals surface area contributed by atoms with E-state index in [1.165, 1.54) is 19.5 Å². The maximum Gasteiger partial charge on any atom is 0.338 e. The molecule has 3 heterocycles. The number of halogens is 2. The molecule has 1 aliphatic rings. The molecule has 1 aliphatic heterocycles. The molecule has 1 saturated heterocycles.